The normalized spacial score (nSPS) is 34.4. The number of aliphatic hydroxyl groups excluding tert-OH is 1. The fraction of sp³-hybridized carbons (Fsp3) is 0.846. The number of nitrogens with zero attached hydrogens (tertiary/aromatic N) is 2. The molecule has 7 heteroatoms. The van der Waals surface area contributed by atoms with Crippen LogP contribution in [0.25, 0.3) is 0 Å². The second kappa shape index (κ2) is 5.97. The van der Waals surface area contributed by atoms with Gasteiger partial charge in [0.2, 0.25) is 0 Å². The van der Waals surface area contributed by atoms with Crippen LogP contribution in [-0.2, 0) is 9.53 Å². The number of aliphatic hydroxyl groups is 1. The van der Waals surface area contributed by atoms with Gasteiger partial charge >= 0.3 is 12.0 Å². The highest BCUT2D eigenvalue weighted by molar-refractivity contribution is 5.83. The molecule has 4 atom stereocenters. The summed E-state index contributed by atoms with van der Waals surface area (Å²) in [7, 11) is 1.52. The van der Waals surface area contributed by atoms with Gasteiger partial charge in [0.05, 0.1) is 12.2 Å². The minimum Gasteiger partial charge on any atom is -0.480 e. The summed E-state index contributed by atoms with van der Waals surface area (Å²) in [5, 5.41) is 18.9. The molecular weight excluding hydrogens is 264 g/mol. The molecule has 0 radical (unpaired) electrons. The Morgan fingerprint density at radius 1 is 1.30 bits per heavy atom. The van der Waals surface area contributed by atoms with E-state index in [0.29, 0.717) is 32.5 Å². The van der Waals surface area contributed by atoms with Crippen molar-refractivity contribution in [2.24, 2.45) is 5.92 Å². The maximum Gasteiger partial charge on any atom is 0.326 e. The fourth-order valence-corrected chi connectivity index (χ4v) is 2.90. The average molecular weight is 286 g/mol. The minimum atomic E-state index is -0.997. The van der Waals surface area contributed by atoms with E-state index >= 15 is 0 Å². The van der Waals surface area contributed by atoms with Gasteiger partial charge < -0.3 is 24.7 Å². The van der Waals surface area contributed by atoms with Gasteiger partial charge in [-0.2, -0.15) is 0 Å². The number of carbonyl (C=O) groups excluding carboxylic acids is 1. The second-order valence-corrected chi connectivity index (χ2v) is 5.66. The molecule has 0 spiro atoms. The van der Waals surface area contributed by atoms with Gasteiger partial charge in [0.15, 0.2) is 0 Å². The Kier molecular flexibility index (Phi) is 4.49. The average Bonchev–Trinajstić information content (AvgIpc) is 2.85. The van der Waals surface area contributed by atoms with Crippen LogP contribution in [0.4, 0.5) is 4.79 Å². The number of rotatable bonds is 2. The molecule has 2 N–H and O–H groups in total. The zero-order chi connectivity index (χ0) is 14.9. The number of urea groups is 1. The first-order valence-electron chi connectivity index (χ1n) is 6.93. The molecule has 0 aromatic rings. The Bertz CT molecular complexity index is 389. The van der Waals surface area contributed by atoms with Crippen LogP contribution in [0.1, 0.15) is 19.8 Å². The van der Waals surface area contributed by atoms with Crippen LogP contribution in [0.2, 0.25) is 0 Å². The summed E-state index contributed by atoms with van der Waals surface area (Å²) in [6.07, 6.45) is 0.239. The second-order valence-electron chi connectivity index (χ2n) is 5.66. The molecule has 114 valence electrons. The van der Waals surface area contributed by atoms with Gasteiger partial charge in [-0.1, -0.05) is 6.92 Å². The lowest BCUT2D eigenvalue weighted by Gasteiger charge is -2.37. The minimum absolute atomic E-state index is 0.0109. The molecule has 4 unspecified atom stereocenters. The molecule has 2 saturated heterocycles. The van der Waals surface area contributed by atoms with Gasteiger partial charge in [0, 0.05) is 33.2 Å². The largest absolute Gasteiger partial charge is 0.480 e. The number of piperidine rings is 1. The first-order valence-corrected chi connectivity index (χ1v) is 6.93. The van der Waals surface area contributed by atoms with E-state index in [2.05, 4.69) is 0 Å². The van der Waals surface area contributed by atoms with E-state index in [9.17, 15) is 19.8 Å². The Morgan fingerprint density at radius 2 is 2.00 bits per heavy atom. The standard InChI is InChI=1S/C13H22N2O5/c1-8-6-14(4-3-11(8)16)13(19)15-7-9(20-2)5-10(15)12(17)18/h8-11,16H,3-7H2,1-2H3,(H,17,18). The molecule has 0 aliphatic carbocycles. The topological polar surface area (TPSA) is 90.3 Å². The molecule has 2 aliphatic heterocycles. The van der Waals surface area contributed by atoms with Crippen LogP contribution in [0.15, 0.2) is 0 Å². The summed E-state index contributed by atoms with van der Waals surface area (Å²) in [6.45, 7) is 3.12. The maximum atomic E-state index is 12.5. The third-order valence-corrected chi connectivity index (χ3v) is 4.26. The van der Waals surface area contributed by atoms with Crippen molar-refractivity contribution in [1.82, 2.24) is 9.80 Å². The Hall–Kier alpha value is -1.34. The summed E-state index contributed by atoms with van der Waals surface area (Å²) >= 11 is 0. The molecule has 2 amide bonds. The predicted octanol–water partition coefficient (Wildman–Crippen LogP) is -0.0170. The first-order chi connectivity index (χ1) is 9.43. The van der Waals surface area contributed by atoms with Crippen LogP contribution in [0, 0.1) is 5.92 Å². The molecular formula is C13H22N2O5. The third kappa shape index (κ3) is 2.88. The van der Waals surface area contributed by atoms with E-state index in [1.807, 2.05) is 6.92 Å². The Labute approximate surface area is 118 Å². The Balaban J connectivity index is 2.05. The predicted molar refractivity (Wildman–Crippen MR) is 70.3 cm³/mol. The van der Waals surface area contributed by atoms with Crippen LogP contribution in [-0.4, -0.2) is 77.0 Å². The molecule has 2 heterocycles. The molecule has 2 rings (SSSR count). The number of methoxy groups -OCH3 is 1. The molecule has 0 bridgehead atoms. The zero-order valence-electron chi connectivity index (χ0n) is 11.9. The molecule has 0 aromatic carbocycles. The number of likely N-dealkylation sites (tertiary alicyclic amines) is 2. The number of aliphatic carboxylic acids is 1. The van der Waals surface area contributed by atoms with Gasteiger partial charge in [0.25, 0.3) is 0 Å². The number of carbonyl (C=O) groups is 2. The van der Waals surface area contributed by atoms with Gasteiger partial charge in [-0.3, -0.25) is 0 Å². The van der Waals surface area contributed by atoms with E-state index in [1.165, 1.54) is 12.0 Å². The van der Waals surface area contributed by atoms with E-state index in [4.69, 9.17) is 4.74 Å². The number of amides is 2. The summed E-state index contributed by atoms with van der Waals surface area (Å²) in [6, 6.07) is -1.09. The monoisotopic (exact) mass is 286 g/mol. The van der Waals surface area contributed by atoms with E-state index in [0.717, 1.165) is 0 Å². The summed E-state index contributed by atoms with van der Waals surface area (Å²) in [5.74, 6) is -0.986. The lowest BCUT2D eigenvalue weighted by Crippen LogP contribution is -2.53. The number of hydrogen-bond acceptors (Lipinski definition) is 4. The van der Waals surface area contributed by atoms with Gasteiger partial charge in [-0.15, -0.1) is 0 Å². The van der Waals surface area contributed by atoms with Gasteiger partial charge in [-0.25, -0.2) is 9.59 Å². The van der Waals surface area contributed by atoms with Crippen LogP contribution in [0.3, 0.4) is 0 Å². The summed E-state index contributed by atoms with van der Waals surface area (Å²) < 4.78 is 5.18. The van der Waals surface area contributed by atoms with E-state index in [1.54, 1.807) is 4.90 Å². The van der Waals surface area contributed by atoms with Crippen molar-refractivity contribution in [3.05, 3.63) is 0 Å². The third-order valence-electron chi connectivity index (χ3n) is 4.26. The van der Waals surface area contributed by atoms with Crippen molar-refractivity contribution in [2.45, 2.75) is 38.0 Å². The highest BCUT2D eigenvalue weighted by atomic mass is 16.5. The number of carboxylic acid groups (broad SMARTS) is 1. The zero-order valence-corrected chi connectivity index (χ0v) is 11.9. The quantitative estimate of drug-likeness (QED) is 0.744. The van der Waals surface area contributed by atoms with Gasteiger partial charge in [-0.05, 0) is 12.3 Å². The highest BCUT2D eigenvalue weighted by Gasteiger charge is 2.42. The summed E-state index contributed by atoms with van der Waals surface area (Å²) in [4.78, 5) is 26.8. The molecule has 2 aliphatic rings. The molecule has 0 aromatic heterocycles. The molecule has 0 saturated carbocycles. The molecule has 2 fully saturated rings. The van der Waals surface area contributed by atoms with Crippen molar-refractivity contribution >= 4 is 12.0 Å². The lowest BCUT2D eigenvalue weighted by molar-refractivity contribution is -0.141. The number of hydrogen-bond donors (Lipinski definition) is 2. The number of ether oxygens (including phenoxy) is 1. The fourth-order valence-electron chi connectivity index (χ4n) is 2.90. The SMILES string of the molecule is COC1CC(C(=O)O)N(C(=O)N2CCC(O)C(C)C2)C1. The van der Waals surface area contributed by atoms with Crippen molar-refractivity contribution in [2.75, 3.05) is 26.7 Å². The van der Waals surface area contributed by atoms with E-state index < -0.39 is 12.0 Å². The smallest absolute Gasteiger partial charge is 0.326 e. The summed E-state index contributed by atoms with van der Waals surface area (Å²) in [5.41, 5.74) is 0. The maximum absolute atomic E-state index is 12.5. The van der Waals surface area contributed by atoms with Gasteiger partial charge in [0.1, 0.15) is 6.04 Å². The first kappa shape index (κ1) is 15.1. The van der Waals surface area contributed by atoms with E-state index in [-0.39, 0.29) is 24.2 Å². The van der Waals surface area contributed by atoms with Crippen molar-refractivity contribution in [3.63, 3.8) is 0 Å². The lowest BCUT2D eigenvalue weighted by atomic mass is 9.97. The van der Waals surface area contributed by atoms with Crippen molar-refractivity contribution in [1.29, 1.82) is 0 Å². The van der Waals surface area contributed by atoms with Crippen molar-refractivity contribution in [3.8, 4) is 0 Å². The van der Waals surface area contributed by atoms with Crippen LogP contribution >= 0.6 is 0 Å². The van der Waals surface area contributed by atoms with Crippen LogP contribution < -0.4 is 0 Å². The highest BCUT2D eigenvalue weighted by Crippen LogP contribution is 2.24. The Morgan fingerprint density at radius 3 is 2.55 bits per heavy atom. The van der Waals surface area contributed by atoms with Crippen LogP contribution in [0.5, 0.6) is 0 Å². The molecule has 20 heavy (non-hydrogen) atoms. The number of carboxylic acids is 1. The van der Waals surface area contributed by atoms with Crippen molar-refractivity contribution < 1.29 is 24.5 Å². The molecule has 7 nitrogen and oxygen atoms in total.